The third-order valence-electron chi connectivity index (χ3n) is 3.08. The Morgan fingerprint density at radius 2 is 1.95 bits per heavy atom. The van der Waals surface area contributed by atoms with Crippen molar-refractivity contribution in [1.29, 1.82) is 5.26 Å². The van der Waals surface area contributed by atoms with E-state index in [1.165, 1.54) is 0 Å². The van der Waals surface area contributed by atoms with E-state index in [0.717, 1.165) is 17.0 Å². The fourth-order valence-corrected chi connectivity index (χ4v) is 2.03. The maximum atomic E-state index is 9.08. The zero-order chi connectivity index (χ0) is 15.1. The fourth-order valence-electron chi connectivity index (χ4n) is 2.03. The third-order valence-corrected chi connectivity index (χ3v) is 3.08. The first-order chi connectivity index (χ1) is 10.3. The summed E-state index contributed by atoms with van der Waals surface area (Å²) in [5.74, 6) is 1.42. The van der Waals surface area contributed by atoms with E-state index in [9.17, 15) is 0 Å². The zero-order valence-corrected chi connectivity index (χ0v) is 12.2. The van der Waals surface area contributed by atoms with E-state index in [2.05, 4.69) is 11.4 Å². The Kier molecular flexibility index (Phi) is 5.05. The lowest BCUT2D eigenvalue weighted by Crippen LogP contribution is -2.02. The van der Waals surface area contributed by atoms with Crippen LogP contribution in [-0.4, -0.2) is 13.7 Å². The molecule has 0 atom stereocenters. The monoisotopic (exact) mass is 282 g/mol. The van der Waals surface area contributed by atoms with Gasteiger partial charge in [-0.25, -0.2) is 0 Å². The van der Waals surface area contributed by atoms with Crippen molar-refractivity contribution in [2.24, 2.45) is 0 Å². The van der Waals surface area contributed by atoms with Crippen molar-refractivity contribution >= 4 is 5.69 Å². The van der Waals surface area contributed by atoms with Crippen LogP contribution in [0.2, 0.25) is 0 Å². The summed E-state index contributed by atoms with van der Waals surface area (Å²) < 4.78 is 10.8. The Morgan fingerprint density at radius 1 is 1.14 bits per heavy atom. The van der Waals surface area contributed by atoms with Crippen molar-refractivity contribution in [2.45, 2.75) is 13.5 Å². The molecule has 0 aliphatic rings. The minimum absolute atomic E-state index is 0.584. The van der Waals surface area contributed by atoms with Gasteiger partial charge in [-0.05, 0) is 30.7 Å². The first-order valence-electron chi connectivity index (χ1n) is 6.81. The summed E-state index contributed by atoms with van der Waals surface area (Å²) in [7, 11) is 1.62. The van der Waals surface area contributed by atoms with Crippen molar-refractivity contribution < 1.29 is 9.47 Å². The fraction of sp³-hybridized carbons (Fsp3) is 0.235. The summed E-state index contributed by atoms with van der Waals surface area (Å²) >= 11 is 0. The predicted molar refractivity (Wildman–Crippen MR) is 82.6 cm³/mol. The number of hydrogen-bond donors (Lipinski definition) is 1. The van der Waals surface area contributed by atoms with Gasteiger partial charge in [0.25, 0.3) is 0 Å². The highest BCUT2D eigenvalue weighted by molar-refractivity contribution is 5.55. The Hall–Kier alpha value is -2.67. The van der Waals surface area contributed by atoms with Crippen LogP contribution in [0.5, 0.6) is 11.5 Å². The van der Waals surface area contributed by atoms with Gasteiger partial charge in [-0.2, -0.15) is 5.26 Å². The molecule has 0 aliphatic heterocycles. The second-order valence-corrected chi connectivity index (χ2v) is 4.42. The largest absolute Gasteiger partial charge is 0.493 e. The summed E-state index contributed by atoms with van der Waals surface area (Å²) in [6.07, 6.45) is 0. The Morgan fingerprint density at radius 3 is 2.67 bits per heavy atom. The first-order valence-corrected chi connectivity index (χ1v) is 6.81. The van der Waals surface area contributed by atoms with Gasteiger partial charge >= 0.3 is 0 Å². The highest BCUT2D eigenvalue weighted by Crippen LogP contribution is 2.30. The molecule has 2 aromatic carbocycles. The standard InChI is InChI=1S/C17H18N2O2/c1-3-21-16-9-8-15(10-17(16)20-2)19-12-14-7-5-4-6-13(14)11-18/h4-10,19H,3,12H2,1-2H3. The SMILES string of the molecule is CCOc1ccc(NCc2ccccc2C#N)cc1OC. The Labute approximate surface area is 124 Å². The minimum Gasteiger partial charge on any atom is -0.493 e. The van der Waals surface area contributed by atoms with Crippen molar-refractivity contribution in [3.8, 4) is 17.6 Å². The van der Waals surface area contributed by atoms with Crippen LogP contribution >= 0.6 is 0 Å². The number of nitrogens with zero attached hydrogens (tertiary/aromatic N) is 1. The Balaban J connectivity index is 2.12. The molecule has 0 fully saturated rings. The van der Waals surface area contributed by atoms with Crippen molar-refractivity contribution in [3.63, 3.8) is 0 Å². The third kappa shape index (κ3) is 3.67. The van der Waals surface area contributed by atoms with Crippen LogP contribution in [0.1, 0.15) is 18.1 Å². The van der Waals surface area contributed by atoms with Crippen LogP contribution in [0.3, 0.4) is 0 Å². The molecule has 1 N–H and O–H groups in total. The number of rotatable bonds is 6. The van der Waals surface area contributed by atoms with Gasteiger partial charge in [0.15, 0.2) is 11.5 Å². The van der Waals surface area contributed by atoms with Crippen LogP contribution in [0.25, 0.3) is 0 Å². The van der Waals surface area contributed by atoms with Gasteiger partial charge in [0, 0.05) is 18.3 Å². The maximum absolute atomic E-state index is 9.08. The second kappa shape index (κ2) is 7.20. The van der Waals surface area contributed by atoms with Crippen LogP contribution in [0.4, 0.5) is 5.69 Å². The molecule has 2 rings (SSSR count). The molecule has 0 spiro atoms. The molecule has 4 nitrogen and oxygen atoms in total. The molecule has 0 amide bonds. The van der Waals surface area contributed by atoms with Gasteiger partial charge < -0.3 is 14.8 Å². The van der Waals surface area contributed by atoms with Crippen LogP contribution in [0.15, 0.2) is 42.5 Å². The van der Waals surface area contributed by atoms with E-state index < -0.39 is 0 Å². The number of hydrogen-bond acceptors (Lipinski definition) is 4. The minimum atomic E-state index is 0.584. The lowest BCUT2D eigenvalue weighted by atomic mass is 10.1. The van der Waals surface area contributed by atoms with Crippen molar-refractivity contribution in [2.75, 3.05) is 19.0 Å². The molecule has 0 aromatic heterocycles. The van der Waals surface area contributed by atoms with Gasteiger partial charge in [0.1, 0.15) is 0 Å². The molecule has 21 heavy (non-hydrogen) atoms. The molecule has 0 unspecified atom stereocenters. The molecule has 108 valence electrons. The molecular weight excluding hydrogens is 264 g/mol. The van der Waals surface area contributed by atoms with E-state index >= 15 is 0 Å². The maximum Gasteiger partial charge on any atom is 0.162 e. The van der Waals surface area contributed by atoms with E-state index in [4.69, 9.17) is 14.7 Å². The molecular formula is C17H18N2O2. The van der Waals surface area contributed by atoms with Crippen molar-refractivity contribution in [1.82, 2.24) is 0 Å². The summed E-state index contributed by atoms with van der Waals surface area (Å²) in [6.45, 7) is 3.12. The Bertz CT molecular complexity index is 647. The molecule has 0 bridgehead atoms. The van der Waals surface area contributed by atoms with Gasteiger partial charge in [0.05, 0.1) is 25.3 Å². The summed E-state index contributed by atoms with van der Waals surface area (Å²) in [4.78, 5) is 0. The average molecular weight is 282 g/mol. The summed E-state index contributed by atoms with van der Waals surface area (Å²) in [6, 6.07) is 15.4. The van der Waals surface area contributed by atoms with E-state index in [1.54, 1.807) is 7.11 Å². The number of nitriles is 1. The predicted octanol–water partition coefficient (Wildman–Crippen LogP) is 3.58. The summed E-state index contributed by atoms with van der Waals surface area (Å²) in [5, 5.41) is 12.4. The van der Waals surface area contributed by atoms with Crippen LogP contribution < -0.4 is 14.8 Å². The average Bonchev–Trinajstić information content (AvgIpc) is 2.54. The highest BCUT2D eigenvalue weighted by atomic mass is 16.5. The molecule has 0 radical (unpaired) electrons. The normalized spacial score (nSPS) is 9.76. The van der Waals surface area contributed by atoms with E-state index in [0.29, 0.717) is 24.5 Å². The lowest BCUT2D eigenvalue weighted by molar-refractivity contribution is 0.311. The molecule has 0 saturated heterocycles. The number of ether oxygens (including phenoxy) is 2. The first kappa shape index (κ1) is 14.7. The van der Waals surface area contributed by atoms with Gasteiger partial charge in [-0.15, -0.1) is 0 Å². The van der Waals surface area contributed by atoms with Crippen LogP contribution in [-0.2, 0) is 6.54 Å². The molecule has 4 heteroatoms. The van der Waals surface area contributed by atoms with E-state index in [-0.39, 0.29) is 0 Å². The van der Waals surface area contributed by atoms with Crippen LogP contribution in [0, 0.1) is 11.3 Å². The molecule has 0 aliphatic carbocycles. The lowest BCUT2D eigenvalue weighted by Gasteiger charge is -2.12. The second-order valence-electron chi connectivity index (χ2n) is 4.42. The zero-order valence-electron chi connectivity index (χ0n) is 12.2. The number of benzene rings is 2. The smallest absolute Gasteiger partial charge is 0.162 e. The number of nitrogens with one attached hydrogen (secondary N) is 1. The molecule has 0 saturated carbocycles. The van der Waals surface area contributed by atoms with E-state index in [1.807, 2.05) is 49.4 Å². The molecule has 2 aromatic rings. The van der Waals surface area contributed by atoms with Gasteiger partial charge in [-0.1, -0.05) is 18.2 Å². The molecule has 0 heterocycles. The highest BCUT2D eigenvalue weighted by Gasteiger charge is 2.06. The van der Waals surface area contributed by atoms with Gasteiger partial charge in [0.2, 0.25) is 0 Å². The number of methoxy groups -OCH3 is 1. The quantitative estimate of drug-likeness (QED) is 0.880. The summed E-state index contributed by atoms with van der Waals surface area (Å²) in [5.41, 5.74) is 2.57. The van der Waals surface area contributed by atoms with Gasteiger partial charge in [-0.3, -0.25) is 0 Å². The topological polar surface area (TPSA) is 54.3 Å². The number of anilines is 1. The van der Waals surface area contributed by atoms with Crippen molar-refractivity contribution in [3.05, 3.63) is 53.6 Å².